The van der Waals surface area contributed by atoms with Crippen LogP contribution in [0.15, 0.2) is 41.3 Å². The summed E-state index contributed by atoms with van der Waals surface area (Å²) in [6.07, 6.45) is 1.49. The lowest BCUT2D eigenvalue weighted by molar-refractivity contribution is 0.0690. The van der Waals surface area contributed by atoms with Gasteiger partial charge in [0.1, 0.15) is 11.5 Å². The van der Waals surface area contributed by atoms with Crippen molar-refractivity contribution in [2.45, 2.75) is 6.92 Å². The van der Waals surface area contributed by atoms with E-state index in [-0.39, 0.29) is 17.9 Å². The van der Waals surface area contributed by atoms with Gasteiger partial charge >= 0.3 is 5.97 Å². The molecule has 2 rings (SSSR count). The number of benzene rings is 1. The molecule has 0 saturated carbocycles. The quantitative estimate of drug-likeness (QED) is 0.910. The van der Waals surface area contributed by atoms with Crippen molar-refractivity contribution >= 4 is 5.97 Å². The Labute approximate surface area is 121 Å². The number of ether oxygens (including phenoxy) is 2. The molecule has 6 nitrogen and oxygen atoms in total. The number of carboxylic acid groups (broad SMARTS) is 1. The number of hydrogen-bond donors (Lipinski definition) is 1. The minimum absolute atomic E-state index is 0.0692. The molecule has 0 bridgehead atoms. The van der Waals surface area contributed by atoms with Gasteiger partial charge in [0.15, 0.2) is 5.56 Å². The second kappa shape index (κ2) is 6.13. The van der Waals surface area contributed by atoms with Crippen LogP contribution in [0.5, 0.6) is 11.5 Å². The Morgan fingerprint density at radius 2 is 1.90 bits per heavy atom. The maximum Gasteiger partial charge on any atom is 0.345 e. The molecular weight excluding hydrogens is 274 g/mol. The zero-order chi connectivity index (χ0) is 15.4. The number of pyridine rings is 1. The highest BCUT2D eigenvalue weighted by molar-refractivity contribution is 5.90. The zero-order valence-corrected chi connectivity index (χ0v) is 11.7. The van der Waals surface area contributed by atoms with Crippen LogP contribution in [0, 0.1) is 0 Å². The van der Waals surface area contributed by atoms with Crippen molar-refractivity contribution in [1.82, 2.24) is 4.57 Å². The van der Waals surface area contributed by atoms with Gasteiger partial charge in [0, 0.05) is 11.9 Å². The molecule has 0 amide bonds. The number of aromatic carboxylic acids is 1. The molecule has 1 aromatic heterocycles. The molecule has 0 aliphatic rings. The van der Waals surface area contributed by atoms with E-state index in [0.717, 1.165) is 0 Å². The first-order valence-corrected chi connectivity index (χ1v) is 6.34. The largest absolute Gasteiger partial charge is 0.497 e. The maximum absolute atomic E-state index is 12.3. The second-order valence-corrected chi connectivity index (χ2v) is 4.17. The summed E-state index contributed by atoms with van der Waals surface area (Å²) in [6.45, 7) is 2.01. The van der Waals surface area contributed by atoms with Crippen molar-refractivity contribution in [2.75, 3.05) is 13.7 Å². The maximum atomic E-state index is 12.3. The lowest BCUT2D eigenvalue weighted by atomic mass is 10.2. The number of aromatic nitrogens is 1. The number of carboxylic acids is 1. The molecule has 2 aromatic rings. The molecule has 110 valence electrons. The lowest BCUT2D eigenvalue weighted by Gasteiger charge is -2.11. The first-order chi connectivity index (χ1) is 10.1. The Balaban J connectivity index is 2.57. The molecule has 0 aliphatic carbocycles. The average molecular weight is 289 g/mol. The van der Waals surface area contributed by atoms with Gasteiger partial charge in [-0.25, -0.2) is 4.79 Å². The van der Waals surface area contributed by atoms with Gasteiger partial charge in [-0.1, -0.05) is 0 Å². The summed E-state index contributed by atoms with van der Waals surface area (Å²) in [5, 5.41) is 9.21. The third kappa shape index (κ3) is 2.89. The van der Waals surface area contributed by atoms with Crippen LogP contribution in [0.25, 0.3) is 5.69 Å². The topological polar surface area (TPSA) is 77.8 Å². The van der Waals surface area contributed by atoms with Crippen molar-refractivity contribution < 1.29 is 19.4 Å². The Kier molecular flexibility index (Phi) is 4.27. The number of nitrogens with zero attached hydrogens (tertiary/aromatic N) is 1. The molecule has 6 heteroatoms. The minimum Gasteiger partial charge on any atom is -0.497 e. The van der Waals surface area contributed by atoms with E-state index in [2.05, 4.69) is 0 Å². The van der Waals surface area contributed by atoms with Crippen molar-refractivity contribution in [1.29, 1.82) is 0 Å². The van der Waals surface area contributed by atoms with E-state index in [4.69, 9.17) is 9.47 Å². The Morgan fingerprint density at radius 3 is 2.43 bits per heavy atom. The van der Waals surface area contributed by atoms with Gasteiger partial charge in [-0.05, 0) is 37.3 Å². The summed E-state index contributed by atoms with van der Waals surface area (Å²) in [7, 11) is 1.54. The van der Waals surface area contributed by atoms with E-state index >= 15 is 0 Å². The average Bonchev–Trinajstić information content (AvgIpc) is 2.47. The van der Waals surface area contributed by atoms with E-state index in [1.165, 1.54) is 16.8 Å². The van der Waals surface area contributed by atoms with Crippen molar-refractivity contribution in [3.63, 3.8) is 0 Å². The molecule has 1 aromatic carbocycles. The molecule has 0 saturated heterocycles. The van der Waals surface area contributed by atoms with E-state index in [9.17, 15) is 14.7 Å². The molecule has 0 unspecified atom stereocenters. The van der Waals surface area contributed by atoms with Crippen LogP contribution >= 0.6 is 0 Å². The van der Waals surface area contributed by atoms with Gasteiger partial charge < -0.3 is 14.6 Å². The fourth-order valence-electron chi connectivity index (χ4n) is 1.94. The Morgan fingerprint density at radius 1 is 1.24 bits per heavy atom. The van der Waals surface area contributed by atoms with Gasteiger partial charge in [0.05, 0.1) is 13.7 Å². The first kappa shape index (κ1) is 14.6. The van der Waals surface area contributed by atoms with Crippen LogP contribution in [0.3, 0.4) is 0 Å². The fraction of sp³-hybridized carbons (Fsp3) is 0.200. The van der Waals surface area contributed by atoms with E-state index in [1.807, 2.05) is 0 Å². The Hall–Kier alpha value is -2.76. The zero-order valence-electron chi connectivity index (χ0n) is 11.7. The molecule has 0 spiro atoms. The summed E-state index contributed by atoms with van der Waals surface area (Å²) in [5.41, 5.74) is -0.472. The van der Waals surface area contributed by atoms with Gasteiger partial charge in [0.2, 0.25) is 0 Å². The summed E-state index contributed by atoms with van der Waals surface area (Å²) in [5.74, 6) is -0.595. The Bertz CT molecular complexity index is 703. The number of methoxy groups -OCH3 is 1. The molecule has 1 heterocycles. The second-order valence-electron chi connectivity index (χ2n) is 4.17. The molecule has 0 fully saturated rings. The molecule has 1 N–H and O–H groups in total. The van der Waals surface area contributed by atoms with E-state index < -0.39 is 11.5 Å². The number of rotatable bonds is 5. The monoisotopic (exact) mass is 289 g/mol. The van der Waals surface area contributed by atoms with Crippen LogP contribution in [0.4, 0.5) is 0 Å². The molecule has 0 atom stereocenters. The van der Waals surface area contributed by atoms with Crippen LogP contribution in [-0.4, -0.2) is 29.4 Å². The highest BCUT2D eigenvalue weighted by Crippen LogP contribution is 2.18. The summed E-state index contributed by atoms with van der Waals surface area (Å²) < 4.78 is 11.5. The fourth-order valence-corrected chi connectivity index (χ4v) is 1.94. The lowest BCUT2D eigenvalue weighted by Crippen LogP contribution is -2.25. The van der Waals surface area contributed by atoms with Crippen LogP contribution in [0.2, 0.25) is 0 Å². The van der Waals surface area contributed by atoms with Gasteiger partial charge in [-0.15, -0.1) is 0 Å². The molecule has 21 heavy (non-hydrogen) atoms. The molecule has 0 radical (unpaired) electrons. The highest BCUT2D eigenvalue weighted by Gasteiger charge is 2.18. The normalized spacial score (nSPS) is 10.2. The summed E-state index contributed by atoms with van der Waals surface area (Å²) >= 11 is 0. The SMILES string of the molecule is CCOc1ccn(-c2ccc(OC)cc2)c(=O)c1C(=O)O. The third-order valence-electron chi connectivity index (χ3n) is 2.92. The van der Waals surface area contributed by atoms with E-state index in [1.54, 1.807) is 38.3 Å². The van der Waals surface area contributed by atoms with Crippen LogP contribution in [0.1, 0.15) is 17.3 Å². The first-order valence-electron chi connectivity index (χ1n) is 6.34. The smallest absolute Gasteiger partial charge is 0.345 e. The highest BCUT2D eigenvalue weighted by atomic mass is 16.5. The van der Waals surface area contributed by atoms with Gasteiger partial charge in [-0.2, -0.15) is 0 Å². The van der Waals surface area contributed by atoms with Crippen LogP contribution in [-0.2, 0) is 0 Å². The summed E-state index contributed by atoms with van der Waals surface area (Å²) in [4.78, 5) is 23.6. The van der Waals surface area contributed by atoms with Gasteiger partial charge in [-0.3, -0.25) is 9.36 Å². The molecular formula is C15H15NO5. The predicted octanol–water partition coefficient (Wildman–Crippen LogP) is 1.94. The standard InChI is InChI=1S/C15H15NO5/c1-3-21-12-8-9-16(14(17)13(12)15(18)19)10-4-6-11(20-2)7-5-10/h4-9H,3H2,1-2H3,(H,18,19). The third-order valence-corrected chi connectivity index (χ3v) is 2.92. The van der Waals surface area contributed by atoms with Crippen LogP contribution < -0.4 is 15.0 Å². The van der Waals surface area contributed by atoms with Crippen molar-refractivity contribution in [3.8, 4) is 17.2 Å². The van der Waals surface area contributed by atoms with Crippen molar-refractivity contribution in [2.24, 2.45) is 0 Å². The summed E-state index contributed by atoms with van der Waals surface area (Å²) in [6, 6.07) is 8.20. The molecule has 0 aliphatic heterocycles. The predicted molar refractivity (Wildman–Crippen MR) is 76.7 cm³/mol. The van der Waals surface area contributed by atoms with E-state index in [0.29, 0.717) is 11.4 Å². The van der Waals surface area contributed by atoms with Crippen molar-refractivity contribution in [3.05, 3.63) is 52.4 Å². The number of hydrogen-bond acceptors (Lipinski definition) is 4. The number of carbonyl (C=O) groups is 1. The van der Waals surface area contributed by atoms with Gasteiger partial charge in [0.25, 0.3) is 5.56 Å². The minimum atomic E-state index is -1.31.